The number of nitrogens with one attached hydrogen (secondary N) is 2. The molecule has 0 saturated carbocycles. The first-order valence-corrected chi connectivity index (χ1v) is 10.4. The number of nitrogens with zero attached hydrogens (tertiary/aromatic N) is 4. The van der Waals surface area contributed by atoms with Crippen LogP contribution in [0.1, 0.15) is 0 Å². The summed E-state index contributed by atoms with van der Waals surface area (Å²) in [5.74, 6) is 0.130. The van der Waals surface area contributed by atoms with Gasteiger partial charge < -0.3 is 9.72 Å². The number of hydrogen-bond donors (Lipinski definition) is 2. The molecular weight excluding hydrogens is 419 g/mol. The molecule has 0 spiro atoms. The predicted molar refractivity (Wildman–Crippen MR) is 125 cm³/mol. The van der Waals surface area contributed by atoms with E-state index in [1.54, 1.807) is 10.9 Å². The van der Waals surface area contributed by atoms with Crippen molar-refractivity contribution in [2.24, 2.45) is 7.05 Å². The number of pyridine rings is 1. The second kappa shape index (κ2) is 7.30. The average Bonchev–Trinajstić information content (AvgIpc) is 3.55. The van der Waals surface area contributed by atoms with E-state index in [0.29, 0.717) is 5.75 Å². The predicted octanol–water partition coefficient (Wildman–Crippen LogP) is 5.32. The number of aromatic amines is 2. The molecule has 0 aliphatic rings. The monoisotopic (exact) mass is 438 g/mol. The van der Waals surface area contributed by atoms with E-state index in [-0.39, 0.29) is 5.82 Å². The molecule has 0 saturated heterocycles. The Hall–Kier alpha value is -4.46. The number of halogens is 1. The Morgan fingerprint density at radius 2 is 1.91 bits per heavy atom. The summed E-state index contributed by atoms with van der Waals surface area (Å²) in [6.07, 6.45) is 3.72. The van der Waals surface area contributed by atoms with Gasteiger partial charge in [-0.05, 0) is 47.5 Å². The minimum atomic E-state index is -0.345. The molecule has 0 radical (unpaired) electrons. The quantitative estimate of drug-likeness (QED) is 0.390. The zero-order valence-electron chi connectivity index (χ0n) is 17.9. The number of ether oxygens (including phenoxy) is 1. The Morgan fingerprint density at radius 3 is 2.73 bits per heavy atom. The molecule has 6 rings (SSSR count). The number of aromatic nitrogens is 6. The SMILES string of the molecule is COc1cc(F)cc(-c2cccc3[nH]c(-c4n[nH]c5ccc(-c6cnn(C)c6)nc45)cc23)c1. The number of benzene rings is 2. The number of rotatable bonds is 4. The summed E-state index contributed by atoms with van der Waals surface area (Å²) in [7, 11) is 3.41. The van der Waals surface area contributed by atoms with Crippen molar-refractivity contribution in [3.05, 3.63) is 72.8 Å². The molecule has 0 amide bonds. The lowest BCUT2D eigenvalue weighted by Crippen LogP contribution is -1.87. The Kier molecular flexibility index (Phi) is 4.26. The van der Waals surface area contributed by atoms with E-state index < -0.39 is 0 Å². The summed E-state index contributed by atoms with van der Waals surface area (Å²) in [6.45, 7) is 0. The molecule has 0 aliphatic heterocycles. The van der Waals surface area contributed by atoms with Gasteiger partial charge >= 0.3 is 0 Å². The van der Waals surface area contributed by atoms with Crippen LogP contribution in [0.15, 0.2) is 67.0 Å². The van der Waals surface area contributed by atoms with E-state index >= 15 is 0 Å². The van der Waals surface area contributed by atoms with Gasteiger partial charge in [-0.1, -0.05) is 12.1 Å². The van der Waals surface area contributed by atoms with Crippen molar-refractivity contribution in [3.8, 4) is 39.5 Å². The van der Waals surface area contributed by atoms with Gasteiger partial charge in [0.05, 0.1) is 30.2 Å². The molecular formula is C25H19FN6O. The molecule has 0 unspecified atom stereocenters. The van der Waals surface area contributed by atoms with E-state index in [0.717, 1.165) is 55.7 Å². The maximum atomic E-state index is 14.2. The molecule has 0 atom stereocenters. The van der Waals surface area contributed by atoms with Crippen LogP contribution in [0.3, 0.4) is 0 Å². The van der Waals surface area contributed by atoms with E-state index in [2.05, 4.69) is 20.3 Å². The van der Waals surface area contributed by atoms with E-state index in [1.807, 2.05) is 55.7 Å². The summed E-state index contributed by atoms with van der Waals surface area (Å²) in [5.41, 5.74) is 7.46. The first-order chi connectivity index (χ1) is 16.1. The lowest BCUT2D eigenvalue weighted by atomic mass is 10.0. The molecule has 2 aromatic carbocycles. The van der Waals surface area contributed by atoms with Gasteiger partial charge in [0.25, 0.3) is 0 Å². The normalized spacial score (nSPS) is 11.5. The van der Waals surface area contributed by atoms with Gasteiger partial charge in [-0.2, -0.15) is 10.2 Å². The first kappa shape index (κ1) is 19.2. The molecule has 0 aliphatic carbocycles. The molecule has 0 fully saturated rings. The summed E-state index contributed by atoms with van der Waals surface area (Å²) in [5, 5.41) is 12.8. The molecule has 0 bridgehead atoms. The fourth-order valence-corrected chi connectivity index (χ4v) is 4.17. The van der Waals surface area contributed by atoms with Crippen molar-refractivity contribution in [2.75, 3.05) is 7.11 Å². The van der Waals surface area contributed by atoms with Crippen LogP contribution in [0.2, 0.25) is 0 Å². The van der Waals surface area contributed by atoms with Crippen LogP contribution in [-0.2, 0) is 7.05 Å². The van der Waals surface area contributed by atoms with Crippen molar-refractivity contribution in [3.63, 3.8) is 0 Å². The lowest BCUT2D eigenvalue weighted by molar-refractivity contribution is 0.411. The minimum Gasteiger partial charge on any atom is -0.497 e. The second-order valence-corrected chi connectivity index (χ2v) is 7.90. The summed E-state index contributed by atoms with van der Waals surface area (Å²) >= 11 is 0. The second-order valence-electron chi connectivity index (χ2n) is 7.90. The van der Waals surface area contributed by atoms with E-state index in [1.165, 1.54) is 19.2 Å². The number of methoxy groups -OCH3 is 1. The number of fused-ring (bicyclic) bond motifs is 2. The molecule has 8 heteroatoms. The first-order valence-electron chi connectivity index (χ1n) is 10.4. The maximum absolute atomic E-state index is 14.2. The Bertz CT molecular complexity index is 1640. The van der Waals surface area contributed by atoms with E-state index in [4.69, 9.17) is 9.72 Å². The van der Waals surface area contributed by atoms with Crippen LogP contribution < -0.4 is 4.74 Å². The van der Waals surface area contributed by atoms with Gasteiger partial charge in [0.2, 0.25) is 0 Å². The molecule has 6 aromatic rings. The maximum Gasteiger partial charge on any atom is 0.135 e. The van der Waals surface area contributed by atoms with Gasteiger partial charge in [0.1, 0.15) is 22.8 Å². The fourth-order valence-electron chi connectivity index (χ4n) is 4.17. The van der Waals surface area contributed by atoms with Crippen LogP contribution >= 0.6 is 0 Å². The average molecular weight is 438 g/mol. The number of aryl methyl sites for hydroxylation is 1. The van der Waals surface area contributed by atoms with Gasteiger partial charge in [0, 0.05) is 35.8 Å². The molecule has 2 N–H and O–H groups in total. The van der Waals surface area contributed by atoms with Crippen molar-refractivity contribution in [2.45, 2.75) is 0 Å². The summed E-state index contributed by atoms with van der Waals surface area (Å²) < 4.78 is 21.2. The van der Waals surface area contributed by atoms with Crippen molar-refractivity contribution in [1.82, 2.24) is 29.9 Å². The summed E-state index contributed by atoms with van der Waals surface area (Å²) in [4.78, 5) is 8.29. The highest BCUT2D eigenvalue weighted by Crippen LogP contribution is 2.35. The minimum absolute atomic E-state index is 0.345. The topological polar surface area (TPSA) is 84.4 Å². The standard InChI is InChI=1S/C25H19FN6O/c1-32-13-15(12-27-32)20-6-7-22-24(29-20)25(31-30-22)23-11-19-18(4-3-5-21(19)28-23)14-8-16(26)10-17(9-14)33-2/h3-13,28H,1-2H3,(H,30,31). The largest absolute Gasteiger partial charge is 0.497 e. The molecule has 4 heterocycles. The smallest absolute Gasteiger partial charge is 0.135 e. The van der Waals surface area contributed by atoms with Crippen LogP contribution in [0.5, 0.6) is 5.75 Å². The van der Waals surface area contributed by atoms with Crippen molar-refractivity contribution in [1.29, 1.82) is 0 Å². The molecule has 162 valence electrons. The van der Waals surface area contributed by atoms with Crippen LogP contribution in [-0.4, -0.2) is 37.1 Å². The lowest BCUT2D eigenvalue weighted by Gasteiger charge is -2.07. The highest BCUT2D eigenvalue weighted by atomic mass is 19.1. The van der Waals surface area contributed by atoms with Gasteiger partial charge in [-0.15, -0.1) is 0 Å². The van der Waals surface area contributed by atoms with Crippen molar-refractivity contribution >= 4 is 21.9 Å². The number of hydrogen-bond acceptors (Lipinski definition) is 4. The third-order valence-corrected chi connectivity index (χ3v) is 5.75. The summed E-state index contributed by atoms with van der Waals surface area (Å²) in [6, 6.07) is 16.5. The van der Waals surface area contributed by atoms with Crippen LogP contribution in [0, 0.1) is 5.82 Å². The highest BCUT2D eigenvalue weighted by molar-refractivity contribution is 6.00. The molecule has 33 heavy (non-hydrogen) atoms. The Balaban J connectivity index is 1.50. The molecule has 7 nitrogen and oxygen atoms in total. The zero-order chi connectivity index (χ0) is 22.5. The highest BCUT2D eigenvalue weighted by Gasteiger charge is 2.16. The van der Waals surface area contributed by atoms with Crippen molar-refractivity contribution < 1.29 is 9.13 Å². The third kappa shape index (κ3) is 3.23. The Labute approximate surface area is 187 Å². The van der Waals surface area contributed by atoms with Gasteiger partial charge in [0.15, 0.2) is 0 Å². The fraction of sp³-hybridized carbons (Fsp3) is 0.0800. The van der Waals surface area contributed by atoms with Crippen LogP contribution in [0.25, 0.3) is 55.7 Å². The molecule has 4 aromatic heterocycles. The van der Waals surface area contributed by atoms with E-state index in [9.17, 15) is 4.39 Å². The van der Waals surface area contributed by atoms with Crippen LogP contribution in [0.4, 0.5) is 4.39 Å². The van der Waals surface area contributed by atoms with Gasteiger partial charge in [-0.25, -0.2) is 9.37 Å². The number of H-pyrrole nitrogens is 2. The Morgan fingerprint density at radius 1 is 1.00 bits per heavy atom. The zero-order valence-corrected chi connectivity index (χ0v) is 17.9. The third-order valence-electron chi connectivity index (χ3n) is 5.75. The van der Waals surface area contributed by atoms with Gasteiger partial charge in [-0.3, -0.25) is 9.78 Å².